The molecular formula is C20H34N2O2. The van der Waals surface area contributed by atoms with E-state index < -0.39 is 0 Å². The molecule has 0 unspecified atom stereocenters. The average Bonchev–Trinajstić information content (AvgIpc) is 2.62. The predicted octanol–water partition coefficient (Wildman–Crippen LogP) is 3.59. The molecule has 1 fully saturated rings. The van der Waals surface area contributed by atoms with Crippen LogP contribution in [-0.2, 0) is 17.8 Å². The smallest absolute Gasteiger partial charge is 0.123 e. The highest BCUT2D eigenvalue weighted by Crippen LogP contribution is 2.22. The quantitative estimate of drug-likeness (QED) is 0.627. The van der Waals surface area contributed by atoms with Gasteiger partial charge in [-0.3, -0.25) is 4.90 Å². The molecule has 24 heavy (non-hydrogen) atoms. The van der Waals surface area contributed by atoms with E-state index in [1.54, 1.807) is 7.11 Å². The maximum Gasteiger partial charge on any atom is 0.123 e. The molecule has 1 aliphatic rings. The molecule has 1 heterocycles. The Hall–Kier alpha value is -1.10. The number of hydrogen-bond acceptors (Lipinski definition) is 4. The Morgan fingerprint density at radius 2 is 1.92 bits per heavy atom. The molecular weight excluding hydrogens is 300 g/mol. The summed E-state index contributed by atoms with van der Waals surface area (Å²) >= 11 is 0. The predicted molar refractivity (Wildman–Crippen MR) is 99.6 cm³/mol. The molecule has 0 aromatic heterocycles. The second kappa shape index (κ2) is 11.5. The van der Waals surface area contributed by atoms with Crippen molar-refractivity contribution in [2.75, 3.05) is 40.0 Å². The molecule has 1 aromatic carbocycles. The van der Waals surface area contributed by atoms with Gasteiger partial charge in [0.15, 0.2) is 0 Å². The van der Waals surface area contributed by atoms with Gasteiger partial charge < -0.3 is 14.8 Å². The number of methoxy groups -OCH3 is 1. The number of morpholine rings is 1. The highest BCUT2D eigenvalue weighted by molar-refractivity contribution is 5.37. The minimum Gasteiger partial charge on any atom is -0.496 e. The Labute approximate surface area is 147 Å². The Kier molecular flexibility index (Phi) is 9.18. The second-order valence-electron chi connectivity index (χ2n) is 6.63. The van der Waals surface area contributed by atoms with Crippen molar-refractivity contribution < 1.29 is 9.47 Å². The van der Waals surface area contributed by atoms with E-state index in [-0.39, 0.29) is 0 Å². The van der Waals surface area contributed by atoms with E-state index in [1.165, 1.54) is 43.2 Å². The van der Waals surface area contributed by atoms with Crippen molar-refractivity contribution in [3.63, 3.8) is 0 Å². The monoisotopic (exact) mass is 334 g/mol. The van der Waals surface area contributed by atoms with E-state index in [0.717, 1.165) is 51.7 Å². The lowest BCUT2D eigenvalue weighted by Gasteiger charge is -2.27. The van der Waals surface area contributed by atoms with Gasteiger partial charge in [-0.2, -0.15) is 0 Å². The lowest BCUT2D eigenvalue weighted by molar-refractivity contribution is 0.0339. The molecule has 1 saturated heterocycles. The number of nitrogens with zero attached hydrogens (tertiary/aromatic N) is 1. The van der Waals surface area contributed by atoms with Crippen molar-refractivity contribution in [2.24, 2.45) is 0 Å². The van der Waals surface area contributed by atoms with Gasteiger partial charge in [0.05, 0.1) is 20.3 Å². The topological polar surface area (TPSA) is 33.7 Å². The Morgan fingerprint density at radius 1 is 1.12 bits per heavy atom. The van der Waals surface area contributed by atoms with Crippen molar-refractivity contribution in [2.45, 2.75) is 52.1 Å². The summed E-state index contributed by atoms with van der Waals surface area (Å²) in [7, 11) is 1.76. The fourth-order valence-corrected chi connectivity index (χ4v) is 3.15. The molecule has 136 valence electrons. The summed E-state index contributed by atoms with van der Waals surface area (Å²) in [5.74, 6) is 0.991. The molecule has 0 amide bonds. The summed E-state index contributed by atoms with van der Waals surface area (Å²) in [6.07, 6.45) is 6.65. The van der Waals surface area contributed by atoms with Gasteiger partial charge in [0.1, 0.15) is 5.75 Å². The molecule has 1 aromatic rings. The molecule has 0 aliphatic carbocycles. The highest BCUT2D eigenvalue weighted by Gasteiger charge is 2.13. The third kappa shape index (κ3) is 6.80. The number of hydrogen-bond donors (Lipinski definition) is 1. The van der Waals surface area contributed by atoms with Crippen LogP contribution in [-0.4, -0.2) is 44.9 Å². The molecule has 0 atom stereocenters. The van der Waals surface area contributed by atoms with Crippen molar-refractivity contribution in [1.82, 2.24) is 10.2 Å². The van der Waals surface area contributed by atoms with E-state index in [1.807, 2.05) is 0 Å². The highest BCUT2D eigenvalue weighted by atomic mass is 16.5. The first kappa shape index (κ1) is 19.2. The summed E-state index contributed by atoms with van der Waals surface area (Å²) in [4.78, 5) is 2.44. The summed E-state index contributed by atoms with van der Waals surface area (Å²) < 4.78 is 11.0. The van der Waals surface area contributed by atoms with E-state index in [0.29, 0.717) is 0 Å². The molecule has 0 bridgehead atoms. The third-order valence-electron chi connectivity index (χ3n) is 4.63. The van der Waals surface area contributed by atoms with Crippen molar-refractivity contribution in [1.29, 1.82) is 0 Å². The summed E-state index contributed by atoms with van der Waals surface area (Å²) in [5, 5.41) is 3.57. The lowest BCUT2D eigenvalue weighted by Crippen LogP contribution is -2.35. The van der Waals surface area contributed by atoms with E-state index in [2.05, 4.69) is 35.3 Å². The van der Waals surface area contributed by atoms with Crippen LogP contribution < -0.4 is 10.1 Å². The van der Waals surface area contributed by atoms with Crippen LogP contribution in [0.3, 0.4) is 0 Å². The van der Waals surface area contributed by atoms with Gasteiger partial charge in [-0.05, 0) is 30.7 Å². The van der Waals surface area contributed by atoms with Gasteiger partial charge in [-0.25, -0.2) is 0 Å². The normalized spacial score (nSPS) is 15.6. The van der Waals surface area contributed by atoms with E-state index >= 15 is 0 Å². The molecule has 0 radical (unpaired) electrons. The van der Waals surface area contributed by atoms with Gasteiger partial charge in [0, 0.05) is 31.7 Å². The first-order valence-electron chi connectivity index (χ1n) is 9.50. The van der Waals surface area contributed by atoms with Gasteiger partial charge in [-0.15, -0.1) is 0 Å². The van der Waals surface area contributed by atoms with Crippen LogP contribution in [0.4, 0.5) is 0 Å². The Balaban J connectivity index is 1.79. The average molecular weight is 335 g/mol. The molecule has 1 N–H and O–H groups in total. The SMILES string of the molecule is CCCCCCCNCc1ccc(OC)c(CN2CCOCC2)c1. The van der Waals surface area contributed by atoms with Crippen LogP contribution in [0.15, 0.2) is 18.2 Å². The zero-order valence-corrected chi connectivity index (χ0v) is 15.5. The van der Waals surface area contributed by atoms with Gasteiger partial charge >= 0.3 is 0 Å². The molecule has 4 nitrogen and oxygen atoms in total. The molecule has 1 aliphatic heterocycles. The van der Waals surface area contributed by atoms with E-state index in [9.17, 15) is 0 Å². The first-order valence-corrected chi connectivity index (χ1v) is 9.50. The summed E-state index contributed by atoms with van der Waals surface area (Å²) in [6.45, 7) is 8.92. The fourth-order valence-electron chi connectivity index (χ4n) is 3.15. The van der Waals surface area contributed by atoms with Crippen LogP contribution in [0.25, 0.3) is 0 Å². The van der Waals surface area contributed by atoms with Crippen molar-refractivity contribution in [3.05, 3.63) is 29.3 Å². The minimum absolute atomic E-state index is 0.835. The standard InChI is InChI=1S/C20H34N2O2/c1-3-4-5-6-7-10-21-16-18-8-9-20(23-2)19(15-18)17-22-11-13-24-14-12-22/h8-9,15,21H,3-7,10-14,16-17H2,1-2H3. The number of rotatable bonds is 11. The fraction of sp³-hybridized carbons (Fsp3) is 0.700. The Morgan fingerprint density at radius 3 is 2.67 bits per heavy atom. The number of nitrogens with one attached hydrogen (secondary N) is 1. The second-order valence-corrected chi connectivity index (χ2v) is 6.63. The van der Waals surface area contributed by atoms with Crippen molar-refractivity contribution >= 4 is 0 Å². The molecule has 0 spiro atoms. The lowest BCUT2D eigenvalue weighted by atomic mass is 10.1. The van der Waals surface area contributed by atoms with Gasteiger partial charge in [0.2, 0.25) is 0 Å². The molecule has 0 saturated carbocycles. The summed E-state index contributed by atoms with van der Waals surface area (Å²) in [6, 6.07) is 6.57. The first-order chi connectivity index (χ1) is 11.8. The minimum atomic E-state index is 0.835. The summed E-state index contributed by atoms with van der Waals surface area (Å²) in [5.41, 5.74) is 2.62. The van der Waals surface area contributed by atoms with Crippen LogP contribution in [0.1, 0.15) is 50.2 Å². The van der Waals surface area contributed by atoms with Crippen molar-refractivity contribution in [3.8, 4) is 5.75 Å². The zero-order chi connectivity index (χ0) is 17.0. The third-order valence-corrected chi connectivity index (χ3v) is 4.63. The van der Waals surface area contributed by atoms with Gasteiger partial charge in [0.25, 0.3) is 0 Å². The van der Waals surface area contributed by atoms with Crippen LogP contribution in [0.5, 0.6) is 5.75 Å². The number of benzene rings is 1. The van der Waals surface area contributed by atoms with Gasteiger partial charge in [-0.1, -0.05) is 38.7 Å². The van der Waals surface area contributed by atoms with Crippen LogP contribution in [0, 0.1) is 0 Å². The maximum absolute atomic E-state index is 5.54. The maximum atomic E-state index is 5.54. The largest absolute Gasteiger partial charge is 0.496 e. The van der Waals surface area contributed by atoms with E-state index in [4.69, 9.17) is 9.47 Å². The Bertz CT molecular complexity index is 459. The molecule has 2 rings (SSSR count). The zero-order valence-electron chi connectivity index (χ0n) is 15.5. The number of unbranched alkanes of at least 4 members (excludes halogenated alkanes) is 4. The van der Waals surface area contributed by atoms with Crippen LogP contribution in [0.2, 0.25) is 0 Å². The number of ether oxygens (including phenoxy) is 2. The van der Waals surface area contributed by atoms with Crippen LogP contribution >= 0.6 is 0 Å². The molecule has 4 heteroatoms.